The molecule has 0 fully saturated rings. The Balaban J connectivity index is 2.39. The lowest BCUT2D eigenvalue weighted by atomic mass is 10.3. The van der Waals surface area contributed by atoms with Gasteiger partial charge in [-0.2, -0.15) is 0 Å². The summed E-state index contributed by atoms with van der Waals surface area (Å²) in [5, 5.41) is 5.90. The molecule has 0 atom stereocenters. The van der Waals surface area contributed by atoms with Gasteiger partial charge in [0.2, 0.25) is 5.91 Å². The maximum absolute atomic E-state index is 11.6. The number of carbonyl (C=O) groups excluding carboxylic acids is 1. The zero-order valence-electron chi connectivity index (χ0n) is 10.5. The normalized spacial score (nSPS) is 10.0. The number of methoxy groups -OCH3 is 1. The third kappa shape index (κ3) is 4.87. The summed E-state index contributed by atoms with van der Waals surface area (Å²) in [6.07, 6.45) is 2.21. The average molecular weight is 236 g/mol. The van der Waals surface area contributed by atoms with Gasteiger partial charge in [0.15, 0.2) is 0 Å². The third-order valence-corrected chi connectivity index (χ3v) is 2.37. The van der Waals surface area contributed by atoms with Crippen LogP contribution in [0, 0.1) is 0 Å². The molecule has 0 spiro atoms. The Morgan fingerprint density at radius 2 is 2.12 bits per heavy atom. The fourth-order valence-electron chi connectivity index (χ4n) is 1.45. The molecule has 2 N–H and O–H groups in total. The van der Waals surface area contributed by atoms with Gasteiger partial charge in [0, 0.05) is 0 Å². The Kier molecular flexibility index (Phi) is 6.10. The van der Waals surface area contributed by atoms with Gasteiger partial charge in [-0.05, 0) is 25.1 Å². The maximum Gasteiger partial charge on any atom is 0.238 e. The fourth-order valence-corrected chi connectivity index (χ4v) is 1.45. The van der Waals surface area contributed by atoms with Gasteiger partial charge in [-0.15, -0.1) is 0 Å². The van der Waals surface area contributed by atoms with Crippen molar-refractivity contribution in [1.82, 2.24) is 5.32 Å². The van der Waals surface area contributed by atoms with E-state index in [1.807, 2.05) is 24.3 Å². The maximum atomic E-state index is 11.6. The van der Waals surface area contributed by atoms with Crippen molar-refractivity contribution >= 4 is 11.6 Å². The minimum absolute atomic E-state index is 0.0504. The number of carbonyl (C=O) groups is 1. The summed E-state index contributed by atoms with van der Waals surface area (Å²) < 4.78 is 5.15. The van der Waals surface area contributed by atoms with Crippen LogP contribution in [0.1, 0.15) is 19.8 Å². The second-order valence-electron chi connectivity index (χ2n) is 3.78. The van der Waals surface area contributed by atoms with Gasteiger partial charge >= 0.3 is 0 Å². The van der Waals surface area contributed by atoms with E-state index in [-0.39, 0.29) is 5.91 Å². The van der Waals surface area contributed by atoms with Crippen LogP contribution in [0.5, 0.6) is 5.75 Å². The minimum atomic E-state index is -0.0504. The molecule has 0 heterocycles. The highest BCUT2D eigenvalue weighted by molar-refractivity contribution is 5.93. The Labute approximate surface area is 102 Å². The van der Waals surface area contributed by atoms with Crippen LogP contribution >= 0.6 is 0 Å². The van der Waals surface area contributed by atoms with Crippen molar-refractivity contribution in [2.75, 3.05) is 25.5 Å². The molecule has 0 aliphatic carbocycles. The monoisotopic (exact) mass is 236 g/mol. The van der Waals surface area contributed by atoms with E-state index in [2.05, 4.69) is 17.6 Å². The van der Waals surface area contributed by atoms with Crippen molar-refractivity contribution in [2.45, 2.75) is 19.8 Å². The van der Waals surface area contributed by atoms with Crippen LogP contribution in [-0.2, 0) is 4.79 Å². The summed E-state index contributed by atoms with van der Waals surface area (Å²) in [7, 11) is 1.59. The zero-order chi connectivity index (χ0) is 12.5. The van der Waals surface area contributed by atoms with E-state index in [0.29, 0.717) is 18.0 Å². The highest BCUT2D eigenvalue weighted by Crippen LogP contribution is 2.22. The van der Waals surface area contributed by atoms with E-state index < -0.39 is 0 Å². The van der Waals surface area contributed by atoms with Crippen molar-refractivity contribution in [1.29, 1.82) is 0 Å². The molecule has 1 rings (SSSR count). The van der Waals surface area contributed by atoms with Crippen molar-refractivity contribution < 1.29 is 9.53 Å². The number of amides is 1. The smallest absolute Gasteiger partial charge is 0.238 e. The van der Waals surface area contributed by atoms with Gasteiger partial charge < -0.3 is 15.4 Å². The number of nitrogens with one attached hydrogen (secondary N) is 2. The quantitative estimate of drug-likeness (QED) is 0.712. The minimum Gasteiger partial charge on any atom is -0.495 e. The lowest BCUT2D eigenvalue weighted by molar-refractivity contribution is -0.115. The topological polar surface area (TPSA) is 50.4 Å². The largest absolute Gasteiger partial charge is 0.495 e. The molecule has 0 aliphatic heterocycles. The number of benzene rings is 1. The molecule has 0 aromatic heterocycles. The summed E-state index contributed by atoms with van der Waals surface area (Å²) >= 11 is 0. The Morgan fingerprint density at radius 1 is 1.35 bits per heavy atom. The predicted molar refractivity (Wildman–Crippen MR) is 69.4 cm³/mol. The Morgan fingerprint density at radius 3 is 2.82 bits per heavy atom. The molecule has 17 heavy (non-hydrogen) atoms. The first-order valence-electron chi connectivity index (χ1n) is 5.91. The van der Waals surface area contributed by atoms with Crippen molar-refractivity contribution in [3.63, 3.8) is 0 Å². The van der Waals surface area contributed by atoms with Crippen LogP contribution in [0.15, 0.2) is 24.3 Å². The van der Waals surface area contributed by atoms with Crippen LogP contribution < -0.4 is 15.4 Å². The fraction of sp³-hybridized carbons (Fsp3) is 0.462. The SMILES string of the molecule is CCCCNCC(=O)Nc1ccccc1OC. The van der Waals surface area contributed by atoms with E-state index in [0.717, 1.165) is 19.4 Å². The van der Waals surface area contributed by atoms with Gasteiger partial charge in [-0.25, -0.2) is 0 Å². The number of unbranched alkanes of at least 4 members (excludes halogenated alkanes) is 1. The molecule has 94 valence electrons. The lowest BCUT2D eigenvalue weighted by Crippen LogP contribution is -2.28. The number of hydrogen-bond acceptors (Lipinski definition) is 3. The average Bonchev–Trinajstić information content (AvgIpc) is 2.35. The number of hydrogen-bond donors (Lipinski definition) is 2. The molecular weight excluding hydrogens is 216 g/mol. The Hall–Kier alpha value is -1.55. The first-order chi connectivity index (χ1) is 8.27. The molecule has 1 aromatic rings. The number of para-hydroxylation sites is 2. The molecule has 4 nitrogen and oxygen atoms in total. The molecule has 1 aromatic carbocycles. The van der Waals surface area contributed by atoms with Gasteiger partial charge in [-0.1, -0.05) is 25.5 Å². The third-order valence-electron chi connectivity index (χ3n) is 2.37. The van der Waals surface area contributed by atoms with Gasteiger partial charge in [0.25, 0.3) is 0 Å². The molecule has 0 aliphatic rings. The first kappa shape index (κ1) is 13.5. The summed E-state index contributed by atoms with van der Waals surface area (Å²) in [6.45, 7) is 3.32. The van der Waals surface area contributed by atoms with Crippen LogP contribution in [0.2, 0.25) is 0 Å². The van der Waals surface area contributed by atoms with E-state index in [1.165, 1.54) is 0 Å². The summed E-state index contributed by atoms with van der Waals surface area (Å²) in [4.78, 5) is 11.6. The van der Waals surface area contributed by atoms with Gasteiger partial charge in [0.05, 0.1) is 19.3 Å². The standard InChI is InChI=1S/C13H20N2O2/c1-3-4-9-14-10-13(16)15-11-7-5-6-8-12(11)17-2/h5-8,14H,3-4,9-10H2,1-2H3,(H,15,16). The van der Waals surface area contributed by atoms with E-state index in [1.54, 1.807) is 7.11 Å². The second kappa shape index (κ2) is 7.68. The molecule has 0 radical (unpaired) electrons. The van der Waals surface area contributed by atoms with E-state index in [4.69, 9.17) is 4.74 Å². The summed E-state index contributed by atoms with van der Waals surface area (Å²) in [6, 6.07) is 7.37. The van der Waals surface area contributed by atoms with Gasteiger partial charge in [0.1, 0.15) is 5.75 Å². The molecule has 1 amide bonds. The molecular formula is C13H20N2O2. The lowest BCUT2D eigenvalue weighted by Gasteiger charge is -2.10. The number of rotatable bonds is 7. The highest BCUT2D eigenvalue weighted by Gasteiger charge is 2.05. The van der Waals surface area contributed by atoms with Crippen molar-refractivity contribution in [3.05, 3.63) is 24.3 Å². The highest BCUT2D eigenvalue weighted by atomic mass is 16.5. The van der Waals surface area contributed by atoms with Gasteiger partial charge in [-0.3, -0.25) is 4.79 Å². The second-order valence-corrected chi connectivity index (χ2v) is 3.78. The Bertz CT molecular complexity index is 353. The predicted octanol–water partition coefficient (Wildman–Crippen LogP) is 2.02. The van der Waals surface area contributed by atoms with Crippen molar-refractivity contribution in [3.8, 4) is 5.75 Å². The molecule has 0 saturated heterocycles. The summed E-state index contributed by atoms with van der Waals surface area (Å²) in [5.74, 6) is 0.625. The van der Waals surface area contributed by atoms with Crippen LogP contribution in [0.3, 0.4) is 0 Å². The zero-order valence-corrected chi connectivity index (χ0v) is 10.5. The molecule has 0 unspecified atom stereocenters. The number of ether oxygens (including phenoxy) is 1. The van der Waals surface area contributed by atoms with Crippen LogP contribution in [0.4, 0.5) is 5.69 Å². The summed E-state index contributed by atoms with van der Waals surface area (Å²) in [5.41, 5.74) is 0.706. The van der Waals surface area contributed by atoms with E-state index in [9.17, 15) is 4.79 Å². The number of anilines is 1. The van der Waals surface area contributed by atoms with Crippen LogP contribution in [0.25, 0.3) is 0 Å². The first-order valence-corrected chi connectivity index (χ1v) is 5.91. The van der Waals surface area contributed by atoms with E-state index >= 15 is 0 Å². The molecule has 4 heteroatoms. The van der Waals surface area contributed by atoms with Crippen LogP contribution in [-0.4, -0.2) is 26.1 Å². The molecule has 0 bridgehead atoms. The van der Waals surface area contributed by atoms with Crippen molar-refractivity contribution in [2.24, 2.45) is 0 Å². The molecule has 0 saturated carbocycles.